The fourth-order valence-electron chi connectivity index (χ4n) is 1.85. The van der Waals surface area contributed by atoms with E-state index in [-0.39, 0.29) is 11.2 Å². The molecule has 0 radical (unpaired) electrons. The van der Waals surface area contributed by atoms with E-state index in [0.29, 0.717) is 13.1 Å². The topological polar surface area (TPSA) is 59.8 Å². The van der Waals surface area contributed by atoms with Gasteiger partial charge >= 0.3 is 0 Å². The highest BCUT2D eigenvalue weighted by atomic mass is 32.2. The molecule has 5 nitrogen and oxygen atoms in total. The molecule has 1 amide bonds. The number of aromatic nitrogens is 3. The van der Waals surface area contributed by atoms with Gasteiger partial charge in [0, 0.05) is 13.1 Å². The number of rotatable bonds is 7. The minimum absolute atomic E-state index is 0.0151. The molecule has 0 bridgehead atoms. The summed E-state index contributed by atoms with van der Waals surface area (Å²) in [6, 6.07) is 8.12. The number of carbonyl (C=O) groups excluding carboxylic acids is 1. The molecule has 0 spiro atoms. The number of aryl methyl sites for hydroxylation is 1. The lowest BCUT2D eigenvalue weighted by atomic mass is 10.1. The van der Waals surface area contributed by atoms with Crippen molar-refractivity contribution in [2.24, 2.45) is 0 Å². The summed E-state index contributed by atoms with van der Waals surface area (Å²) < 4.78 is 1.86. The summed E-state index contributed by atoms with van der Waals surface area (Å²) in [5.74, 6) is -0.0151. The van der Waals surface area contributed by atoms with Crippen LogP contribution in [0.5, 0.6) is 0 Å². The van der Waals surface area contributed by atoms with Crippen LogP contribution in [0.4, 0.5) is 0 Å². The van der Waals surface area contributed by atoms with Crippen LogP contribution >= 0.6 is 11.8 Å². The number of hydrogen-bond acceptors (Lipinski definition) is 4. The van der Waals surface area contributed by atoms with E-state index < -0.39 is 0 Å². The molecule has 0 fully saturated rings. The van der Waals surface area contributed by atoms with Crippen LogP contribution in [0.3, 0.4) is 0 Å². The molecule has 1 aromatic heterocycles. The van der Waals surface area contributed by atoms with Gasteiger partial charge in [0.2, 0.25) is 5.91 Å². The van der Waals surface area contributed by atoms with Gasteiger partial charge in [-0.05, 0) is 19.4 Å². The molecular formula is C16H20N4OS. The molecule has 0 saturated heterocycles. The summed E-state index contributed by atoms with van der Waals surface area (Å²) in [7, 11) is 0. The van der Waals surface area contributed by atoms with E-state index in [1.165, 1.54) is 17.3 Å². The zero-order chi connectivity index (χ0) is 15.9. The van der Waals surface area contributed by atoms with E-state index in [2.05, 4.69) is 22.1 Å². The van der Waals surface area contributed by atoms with Crippen molar-refractivity contribution in [1.82, 2.24) is 20.1 Å². The average molecular weight is 316 g/mol. The molecule has 1 aromatic carbocycles. The van der Waals surface area contributed by atoms with Crippen LogP contribution in [0.25, 0.3) is 0 Å². The third-order valence-electron chi connectivity index (χ3n) is 3.14. The summed E-state index contributed by atoms with van der Waals surface area (Å²) in [6.45, 7) is 8.76. The number of thioether (sulfide) groups is 1. The smallest absolute Gasteiger partial charge is 0.233 e. The van der Waals surface area contributed by atoms with Crippen LogP contribution in [-0.2, 0) is 17.9 Å². The average Bonchev–Trinajstić information content (AvgIpc) is 2.94. The number of nitrogens with zero attached hydrogens (tertiary/aromatic N) is 3. The van der Waals surface area contributed by atoms with E-state index in [4.69, 9.17) is 0 Å². The second-order valence-electron chi connectivity index (χ2n) is 5.02. The van der Waals surface area contributed by atoms with Gasteiger partial charge in [-0.1, -0.05) is 47.7 Å². The van der Waals surface area contributed by atoms with Crippen molar-refractivity contribution in [1.29, 1.82) is 0 Å². The first-order valence-electron chi connectivity index (χ1n) is 7.08. The highest BCUT2D eigenvalue weighted by Gasteiger charge is 2.17. The van der Waals surface area contributed by atoms with Gasteiger partial charge in [-0.25, -0.2) is 0 Å². The van der Waals surface area contributed by atoms with Crippen LogP contribution < -0.4 is 5.32 Å². The number of allylic oxidation sites excluding steroid dienone is 1. The Morgan fingerprint density at radius 1 is 1.45 bits per heavy atom. The van der Waals surface area contributed by atoms with Gasteiger partial charge in [-0.2, -0.15) is 0 Å². The molecule has 6 heteroatoms. The summed E-state index contributed by atoms with van der Waals surface area (Å²) >= 11 is 1.39. The summed E-state index contributed by atoms with van der Waals surface area (Å²) in [6.07, 6.45) is 3.41. The van der Waals surface area contributed by atoms with Gasteiger partial charge < -0.3 is 9.88 Å². The summed E-state index contributed by atoms with van der Waals surface area (Å²) in [5.41, 5.74) is 2.30. The molecule has 0 aliphatic rings. The molecule has 1 heterocycles. The predicted octanol–water partition coefficient (Wildman–Crippen LogP) is 2.57. The Hall–Kier alpha value is -2.08. The van der Waals surface area contributed by atoms with Gasteiger partial charge in [0.1, 0.15) is 6.33 Å². The zero-order valence-corrected chi connectivity index (χ0v) is 13.6. The molecule has 0 unspecified atom stereocenters. The molecular weight excluding hydrogens is 296 g/mol. The Bertz CT molecular complexity index is 636. The van der Waals surface area contributed by atoms with Crippen LogP contribution in [0.2, 0.25) is 0 Å². The molecule has 1 N–H and O–H groups in total. The van der Waals surface area contributed by atoms with E-state index in [1.807, 2.05) is 42.7 Å². The van der Waals surface area contributed by atoms with Gasteiger partial charge in [-0.3, -0.25) is 4.79 Å². The van der Waals surface area contributed by atoms with Crippen molar-refractivity contribution >= 4 is 17.7 Å². The van der Waals surface area contributed by atoms with E-state index in [0.717, 1.165) is 10.7 Å². The van der Waals surface area contributed by atoms with Crippen LogP contribution in [-0.4, -0.2) is 25.9 Å². The minimum Gasteiger partial charge on any atom is -0.351 e. The first-order chi connectivity index (χ1) is 10.6. The Kier molecular flexibility index (Phi) is 5.77. The molecule has 22 heavy (non-hydrogen) atoms. The molecule has 2 aromatic rings. The van der Waals surface area contributed by atoms with Crippen molar-refractivity contribution in [3.8, 4) is 0 Å². The van der Waals surface area contributed by atoms with E-state index in [9.17, 15) is 4.79 Å². The predicted molar refractivity (Wildman–Crippen MR) is 88.6 cm³/mol. The number of amides is 1. The normalized spacial score (nSPS) is 11.9. The maximum Gasteiger partial charge on any atom is 0.233 e. The fraction of sp³-hybridized carbons (Fsp3) is 0.312. The number of carbonyl (C=O) groups is 1. The molecule has 2 rings (SSSR count). The zero-order valence-electron chi connectivity index (χ0n) is 12.8. The van der Waals surface area contributed by atoms with E-state index >= 15 is 0 Å². The Morgan fingerprint density at radius 2 is 2.18 bits per heavy atom. The third-order valence-corrected chi connectivity index (χ3v) is 4.24. The maximum absolute atomic E-state index is 12.2. The first kappa shape index (κ1) is 16.3. The van der Waals surface area contributed by atoms with Crippen LogP contribution in [0.1, 0.15) is 18.1 Å². The SMILES string of the molecule is C=CCn1cnnc1S[C@@H](C)C(=O)NCc1ccc(C)cc1. The van der Waals surface area contributed by atoms with Crippen molar-refractivity contribution in [2.75, 3.05) is 0 Å². The monoisotopic (exact) mass is 316 g/mol. The van der Waals surface area contributed by atoms with Gasteiger partial charge in [0.25, 0.3) is 0 Å². The molecule has 0 aliphatic heterocycles. The lowest BCUT2D eigenvalue weighted by Crippen LogP contribution is -2.30. The van der Waals surface area contributed by atoms with Crippen molar-refractivity contribution < 1.29 is 4.79 Å². The van der Waals surface area contributed by atoms with Gasteiger partial charge in [-0.15, -0.1) is 16.8 Å². The molecule has 0 saturated carbocycles. The Morgan fingerprint density at radius 3 is 2.86 bits per heavy atom. The highest BCUT2D eigenvalue weighted by molar-refractivity contribution is 8.00. The maximum atomic E-state index is 12.2. The number of benzene rings is 1. The minimum atomic E-state index is -0.238. The van der Waals surface area contributed by atoms with Crippen molar-refractivity contribution in [3.63, 3.8) is 0 Å². The standard InChI is InChI=1S/C16H20N4OS/c1-4-9-20-11-18-19-16(20)22-13(3)15(21)17-10-14-7-5-12(2)6-8-14/h4-8,11,13H,1,9-10H2,2-3H3,(H,17,21)/t13-/m0/s1. The van der Waals surface area contributed by atoms with Crippen LogP contribution in [0, 0.1) is 6.92 Å². The van der Waals surface area contributed by atoms with Gasteiger partial charge in [0.15, 0.2) is 5.16 Å². The fourth-order valence-corrected chi connectivity index (χ4v) is 2.71. The van der Waals surface area contributed by atoms with Gasteiger partial charge in [0.05, 0.1) is 5.25 Å². The summed E-state index contributed by atoms with van der Waals surface area (Å²) in [4.78, 5) is 12.2. The second kappa shape index (κ2) is 7.79. The number of hydrogen-bond donors (Lipinski definition) is 1. The Balaban J connectivity index is 1.87. The largest absolute Gasteiger partial charge is 0.351 e. The van der Waals surface area contributed by atoms with E-state index in [1.54, 1.807) is 12.4 Å². The third kappa shape index (κ3) is 4.46. The van der Waals surface area contributed by atoms with Crippen molar-refractivity contribution in [2.45, 2.75) is 37.3 Å². The van der Waals surface area contributed by atoms with Crippen molar-refractivity contribution in [3.05, 3.63) is 54.4 Å². The quantitative estimate of drug-likeness (QED) is 0.630. The molecule has 1 atom stereocenters. The Labute approximate surface area is 134 Å². The lowest BCUT2D eigenvalue weighted by Gasteiger charge is -2.12. The van der Waals surface area contributed by atoms with Crippen LogP contribution in [0.15, 0.2) is 48.4 Å². The lowest BCUT2D eigenvalue weighted by molar-refractivity contribution is -0.120. The highest BCUT2D eigenvalue weighted by Crippen LogP contribution is 2.21. The second-order valence-corrected chi connectivity index (χ2v) is 6.33. The molecule has 116 valence electrons. The number of nitrogens with one attached hydrogen (secondary N) is 1. The molecule has 0 aliphatic carbocycles. The first-order valence-corrected chi connectivity index (χ1v) is 7.96. The summed E-state index contributed by atoms with van der Waals surface area (Å²) in [5, 5.41) is 11.3.